The van der Waals surface area contributed by atoms with Gasteiger partial charge in [-0.3, -0.25) is 4.68 Å². The van der Waals surface area contributed by atoms with Crippen molar-refractivity contribution in [1.82, 2.24) is 15.1 Å². The number of rotatable bonds is 4. The van der Waals surface area contributed by atoms with Gasteiger partial charge in [-0.15, -0.1) is 0 Å². The highest BCUT2D eigenvalue weighted by atomic mass is 16.3. The van der Waals surface area contributed by atoms with Crippen molar-refractivity contribution in [2.75, 3.05) is 0 Å². The molecule has 0 saturated carbocycles. The summed E-state index contributed by atoms with van der Waals surface area (Å²) in [6.07, 6.45) is 3.78. The molecule has 0 amide bonds. The third kappa shape index (κ3) is 3.16. The maximum atomic E-state index is 6.04. The molecule has 1 N–H and O–H groups in total. The van der Waals surface area contributed by atoms with Crippen LogP contribution in [0, 0.1) is 0 Å². The summed E-state index contributed by atoms with van der Waals surface area (Å²) in [5.74, 6) is 0.988. The maximum absolute atomic E-state index is 6.04. The average Bonchev–Trinajstić information content (AvgIpc) is 3.05. The Morgan fingerprint density at radius 2 is 2.00 bits per heavy atom. The quantitative estimate of drug-likeness (QED) is 0.796. The van der Waals surface area contributed by atoms with Gasteiger partial charge in [0, 0.05) is 28.9 Å². The molecule has 0 fully saturated rings. The monoisotopic (exact) mass is 283 g/mol. The first kappa shape index (κ1) is 13.9. The van der Waals surface area contributed by atoms with E-state index in [4.69, 9.17) is 4.42 Å². The van der Waals surface area contributed by atoms with Gasteiger partial charge < -0.3 is 9.73 Å². The van der Waals surface area contributed by atoms with Crippen molar-refractivity contribution >= 4 is 11.0 Å². The molecule has 0 saturated heterocycles. The number of hydrogen-bond acceptors (Lipinski definition) is 3. The first-order chi connectivity index (χ1) is 10.0. The van der Waals surface area contributed by atoms with E-state index in [1.807, 2.05) is 35.1 Å². The summed E-state index contributed by atoms with van der Waals surface area (Å²) in [4.78, 5) is 0. The van der Waals surface area contributed by atoms with Gasteiger partial charge in [-0.1, -0.05) is 18.2 Å². The molecule has 0 aliphatic carbocycles. The fourth-order valence-corrected chi connectivity index (χ4v) is 2.37. The summed E-state index contributed by atoms with van der Waals surface area (Å²) < 4.78 is 7.97. The minimum atomic E-state index is 0.0575. The van der Waals surface area contributed by atoms with E-state index >= 15 is 0 Å². The van der Waals surface area contributed by atoms with Gasteiger partial charge >= 0.3 is 0 Å². The van der Waals surface area contributed by atoms with E-state index in [2.05, 4.69) is 37.3 Å². The number of benzene rings is 1. The van der Waals surface area contributed by atoms with Crippen LogP contribution in [-0.4, -0.2) is 15.3 Å². The van der Waals surface area contributed by atoms with Crippen LogP contribution in [0.1, 0.15) is 32.1 Å². The van der Waals surface area contributed by atoms with Gasteiger partial charge in [0.05, 0.1) is 13.1 Å². The van der Waals surface area contributed by atoms with E-state index in [0.29, 0.717) is 0 Å². The van der Waals surface area contributed by atoms with Crippen molar-refractivity contribution in [3.8, 4) is 0 Å². The van der Waals surface area contributed by atoms with Crippen LogP contribution < -0.4 is 5.32 Å². The summed E-state index contributed by atoms with van der Waals surface area (Å²) in [5.41, 5.74) is 2.19. The Kier molecular flexibility index (Phi) is 3.55. The van der Waals surface area contributed by atoms with Crippen molar-refractivity contribution in [1.29, 1.82) is 0 Å². The number of nitrogens with zero attached hydrogens (tertiary/aromatic N) is 2. The van der Waals surface area contributed by atoms with Crippen LogP contribution in [0.4, 0.5) is 0 Å². The summed E-state index contributed by atoms with van der Waals surface area (Å²) in [7, 11) is 0. The SMILES string of the molecule is CC(C)(C)NCc1oc2ccccc2c1Cn1cccn1. The zero-order valence-corrected chi connectivity index (χ0v) is 12.8. The molecule has 3 aromatic rings. The molecule has 110 valence electrons. The van der Waals surface area contributed by atoms with Crippen molar-refractivity contribution in [3.63, 3.8) is 0 Å². The van der Waals surface area contributed by atoms with Gasteiger partial charge in [0.15, 0.2) is 0 Å². The van der Waals surface area contributed by atoms with Gasteiger partial charge in [0.25, 0.3) is 0 Å². The molecule has 0 unspecified atom stereocenters. The Balaban J connectivity index is 1.97. The second-order valence-corrected chi connectivity index (χ2v) is 6.31. The highest BCUT2D eigenvalue weighted by Crippen LogP contribution is 2.27. The zero-order valence-electron chi connectivity index (χ0n) is 12.8. The van der Waals surface area contributed by atoms with E-state index in [1.54, 1.807) is 6.20 Å². The van der Waals surface area contributed by atoms with E-state index < -0.39 is 0 Å². The van der Waals surface area contributed by atoms with Crippen LogP contribution in [0.5, 0.6) is 0 Å². The smallest absolute Gasteiger partial charge is 0.134 e. The number of para-hydroxylation sites is 1. The second-order valence-electron chi connectivity index (χ2n) is 6.31. The number of nitrogens with one attached hydrogen (secondary N) is 1. The molecular weight excluding hydrogens is 262 g/mol. The predicted octanol–water partition coefficient (Wildman–Crippen LogP) is 3.57. The number of fused-ring (bicyclic) bond motifs is 1. The lowest BCUT2D eigenvalue weighted by Gasteiger charge is -2.20. The fraction of sp³-hybridized carbons (Fsp3) is 0.353. The molecule has 0 radical (unpaired) electrons. The van der Waals surface area contributed by atoms with E-state index in [0.717, 1.165) is 24.4 Å². The fourth-order valence-electron chi connectivity index (χ4n) is 2.37. The molecule has 21 heavy (non-hydrogen) atoms. The van der Waals surface area contributed by atoms with Crippen molar-refractivity contribution in [3.05, 3.63) is 54.0 Å². The number of hydrogen-bond donors (Lipinski definition) is 1. The molecule has 4 heteroatoms. The molecule has 3 rings (SSSR count). The van der Waals surface area contributed by atoms with Gasteiger partial charge in [0.2, 0.25) is 0 Å². The molecule has 0 bridgehead atoms. The van der Waals surface area contributed by atoms with Crippen molar-refractivity contribution in [2.45, 2.75) is 39.4 Å². The van der Waals surface area contributed by atoms with Crippen LogP contribution in [0.3, 0.4) is 0 Å². The summed E-state index contributed by atoms with van der Waals surface area (Å²) in [6, 6.07) is 10.1. The van der Waals surface area contributed by atoms with E-state index in [1.165, 1.54) is 10.9 Å². The third-order valence-electron chi connectivity index (χ3n) is 3.44. The summed E-state index contributed by atoms with van der Waals surface area (Å²) in [5, 5.41) is 8.96. The average molecular weight is 283 g/mol. The van der Waals surface area contributed by atoms with E-state index in [-0.39, 0.29) is 5.54 Å². The highest BCUT2D eigenvalue weighted by Gasteiger charge is 2.17. The molecule has 1 aromatic carbocycles. The summed E-state index contributed by atoms with van der Waals surface area (Å²) in [6.45, 7) is 7.91. The van der Waals surface area contributed by atoms with Crippen LogP contribution in [0.2, 0.25) is 0 Å². The largest absolute Gasteiger partial charge is 0.459 e. The topological polar surface area (TPSA) is 43.0 Å². The minimum absolute atomic E-state index is 0.0575. The van der Waals surface area contributed by atoms with Crippen LogP contribution in [-0.2, 0) is 13.1 Å². The number of aromatic nitrogens is 2. The Morgan fingerprint density at radius 3 is 2.71 bits per heavy atom. The van der Waals surface area contributed by atoms with Crippen molar-refractivity contribution in [2.24, 2.45) is 0 Å². The van der Waals surface area contributed by atoms with Crippen LogP contribution >= 0.6 is 0 Å². The van der Waals surface area contributed by atoms with Gasteiger partial charge in [-0.25, -0.2) is 0 Å². The third-order valence-corrected chi connectivity index (χ3v) is 3.44. The molecule has 0 atom stereocenters. The van der Waals surface area contributed by atoms with Crippen LogP contribution in [0.25, 0.3) is 11.0 Å². The molecule has 0 aliphatic heterocycles. The molecule has 0 spiro atoms. The Hall–Kier alpha value is -2.07. The molecule has 4 nitrogen and oxygen atoms in total. The maximum Gasteiger partial charge on any atom is 0.134 e. The number of furan rings is 1. The lowest BCUT2D eigenvalue weighted by Crippen LogP contribution is -2.35. The molecule has 2 heterocycles. The zero-order chi connectivity index (χ0) is 14.9. The molecule has 2 aromatic heterocycles. The summed E-state index contributed by atoms with van der Waals surface area (Å²) >= 11 is 0. The highest BCUT2D eigenvalue weighted by molar-refractivity contribution is 5.82. The lowest BCUT2D eigenvalue weighted by molar-refractivity contribution is 0.392. The predicted molar refractivity (Wildman–Crippen MR) is 84.1 cm³/mol. The molecule has 0 aliphatic rings. The van der Waals surface area contributed by atoms with Gasteiger partial charge in [-0.05, 0) is 32.9 Å². The minimum Gasteiger partial charge on any atom is -0.459 e. The Labute approximate surface area is 124 Å². The van der Waals surface area contributed by atoms with Crippen molar-refractivity contribution < 1.29 is 4.42 Å². The van der Waals surface area contributed by atoms with Gasteiger partial charge in [-0.2, -0.15) is 5.10 Å². The van der Waals surface area contributed by atoms with Gasteiger partial charge in [0.1, 0.15) is 11.3 Å². The van der Waals surface area contributed by atoms with E-state index in [9.17, 15) is 0 Å². The second kappa shape index (κ2) is 5.37. The normalized spacial score (nSPS) is 12.1. The standard InChI is InChI=1S/C17H21N3O/c1-17(2,3)18-11-16-14(12-20-10-6-9-19-20)13-7-4-5-8-15(13)21-16/h4-10,18H,11-12H2,1-3H3. The molecular formula is C17H21N3O. The Bertz CT molecular complexity index is 720. The Morgan fingerprint density at radius 1 is 1.19 bits per heavy atom. The first-order valence-corrected chi connectivity index (χ1v) is 7.25. The first-order valence-electron chi connectivity index (χ1n) is 7.25. The lowest BCUT2D eigenvalue weighted by atomic mass is 10.1. The van der Waals surface area contributed by atoms with Crippen LogP contribution in [0.15, 0.2) is 47.1 Å².